The molecule has 0 aliphatic carbocycles. The van der Waals surface area contributed by atoms with E-state index in [-0.39, 0.29) is 12.0 Å². The van der Waals surface area contributed by atoms with Crippen LogP contribution in [0.2, 0.25) is 0 Å². The zero-order chi connectivity index (χ0) is 14.6. The minimum atomic E-state index is -0.753. The first-order valence-electron chi connectivity index (χ1n) is 7.15. The third kappa shape index (κ3) is 3.97. The van der Waals surface area contributed by atoms with Crippen molar-refractivity contribution in [2.24, 2.45) is 0 Å². The van der Waals surface area contributed by atoms with Crippen LogP contribution in [0.4, 0.5) is 5.69 Å². The number of para-hydroxylation sites is 1. The normalized spacial score (nSPS) is 21.4. The number of carbonyl (C=O) groups is 1. The summed E-state index contributed by atoms with van der Waals surface area (Å²) in [6, 6.07) is 10.4. The van der Waals surface area contributed by atoms with Crippen LogP contribution in [0, 0.1) is 0 Å². The van der Waals surface area contributed by atoms with Crippen LogP contribution in [0.3, 0.4) is 0 Å². The maximum Gasteiger partial charge on any atom is 0.305 e. The molecular formula is C16H23NO3. The van der Waals surface area contributed by atoms with Crippen LogP contribution in [-0.4, -0.2) is 35.9 Å². The van der Waals surface area contributed by atoms with Gasteiger partial charge in [0.05, 0.1) is 12.0 Å². The van der Waals surface area contributed by atoms with Crippen molar-refractivity contribution in [3.8, 4) is 0 Å². The standard InChI is InChI=1S/C16H23NO3/c1-16(2)12-14(9-11-20-16)17(10-8-15(18)19)13-6-4-3-5-7-13/h3-7,14H,8-12H2,1-2H3,(H,18,19). The number of rotatable bonds is 5. The first-order valence-corrected chi connectivity index (χ1v) is 7.15. The molecule has 1 atom stereocenters. The van der Waals surface area contributed by atoms with Gasteiger partial charge in [-0.15, -0.1) is 0 Å². The Morgan fingerprint density at radius 2 is 2.10 bits per heavy atom. The Bertz CT molecular complexity index is 444. The molecule has 0 spiro atoms. The lowest BCUT2D eigenvalue weighted by molar-refractivity contribution is -0.136. The lowest BCUT2D eigenvalue weighted by Crippen LogP contribution is -2.47. The molecule has 1 aromatic rings. The van der Waals surface area contributed by atoms with Gasteiger partial charge in [0.25, 0.3) is 0 Å². The number of carboxylic acid groups (broad SMARTS) is 1. The molecule has 1 aliphatic rings. The maximum absolute atomic E-state index is 10.9. The van der Waals surface area contributed by atoms with Crippen LogP contribution in [0.25, 0.3) is 0 Å². The van der Waals surface area contributed by atoms with E-state index in [4.69, 9.17) is 9.84 Å². The zero-order valence-electron chi connectivity index (χ0n) is 12.2. The SMILES string of the molecule is CC1(C)CC(N(CCC(=O)O)c2ccccc2)CCO1. The quantitative estimate of drug-likeness (QED) is 0.899. The smallest absolute Gasteiger partial charge is 0.305 e. The molecule has 4 nitrogen and oxygen atoms in total. The average Bonchev–Trinajstić information content (AvgIpc) is 2.39. The highest BCUT2D eigenvalue weighted by Crippen LogP contribution is 2.30. The van der Waals surface area contributed by atoms with Gasteiger partial charge in [0.1, 0.15) is 0 Å². The van der Waals surface area contributed by atoms with Crippen LogP contribution in [0.5, 0.6) is 0 Å². The van der Waals surface area contributed by atoms with Gasteiger partial charge in [-0.1, -0.05) is 18.2 Å². The number of benzene rings is 1. The van der Waals surface area contributed by atoms with Gasteiger partial charge in [-0.25, -0.2) is 0 Å². The van der Waals surface area contributed by atoms with Crippen molar-refractivity contribution < 1.29 is 14.6 Å². The van der Waals surface area contributed by atoms with Crippen molar-refractivity contribution in [1.82, 2.24) is 0 Å². The number of ether oxygens (including phenoxy) is 1. The fraction of sp³-hybridized carbons (Fsp3) is 0.562. The number of hydrogen-bond acceptors (Lipinski definition) is 3. The molecular weight excluding hydrogens is 254 g/mol. The van der Waals surface area contributed by atoms with E-state index in [2.05, 4.69) is 18.7 Å². The summed E-state index contributed by atoms with van der Waals surface area (Å²) < 4.78 is 5.76. The highest BCUT2D eigenvalue weighted by atomic mass is 16.5. The van der Waals surface area contributed by atoms with E-state index >= 15 is 0 Å². The topological polar surface area (TPSA) is 49.8 Å². The average molecular weight is 277 g/mol. The summed E-state index contributed by atoms with van der Waals surface area (Å²) in [4.78, 5) is 13.1. The second kappa shape index (κ2) is 6.27. The van der Waals surface area contributed by atoms with Crippen LogP contribution < -0.4 is 4.90 Å². The third-order valence-electron chi connectivity index (χ3n) is 3.77. The summed E-state index contributed by atoms with van der Waals surface area (Å²) in [6.07, 6.45) is 2.02. The third-order valence-corrected chi connectivity index (χ3v) is 3.77. The zero-order valence-corrected chi connectivity index (χ0v) is 12.2. The minimum Gasteiger partial charge on any atom is -0.481 e. The molecule has 20 heavy (non-hydrogen) atoms. The molecule has 1 N–H and O–H groups in total. The number of anilines is 1. The highest BCUT2D eigenvalue weighted by Gasteiger charge is 2.32. The molecule has 0 radical (unpaired) electrons. The van der Waals surface area contributed by atoms with Gasteiger partial charge in [-0.3, -0.25) is 4.79 Å². The Morgan fingerprint density at radius 1 is 1.40 bits per heavy atom. The fourth-order valence-corrected chi connectivity index (χ4v) is 2.82. The first-order chi connectivity index (χ1) is 9.48. The second-order valence-corrected chi connectivity index (χ2v) is 5.93. The van der Waals surface area contributed by atoms with E-state index in [9.17, 15) is 4.79 Å². The van der Waals surface area contributed by atoms with E-state index in [0.29, 0.717) is 12.6 Å². The van der Waals surface area contributed by atoms with Crippen LogP contribution >= 0.6 is 0 Å². The number of aliphatic carboxylic acids is 1. The van der Waals surface area contributed by atoms with Crippen molar-refractivity contribution in [3.63, 3.8) is 0 Å². The molecule has 0 bridgehead atoms. The van der Waals surface area contributed by atoms with Gasteiger partial charge < -0.3 is 14.7 Å². The van der Waals surface area contributed by atoms with E-state index in [1.807, 2.05) is 30.3 Å². The van der Waals surface area contributed by atoms with E-state index in [1.165, 1.54) is 0 Å². The largest absolute Gasteiger partial charge is 0.481 e. The number of nitrogens with zero attached hydrogens (tertiary/aromatic N) is 1. The summed E-state index contributed by atoms with van der Waals surface area (Å²) in [7, 11) is 0. The Hall–Kier alpha value is -1.55. The predicted octanol–water partition coefficient (Wildman–Crippen LogP) is 2.93. The number of hydrogen-bond donors (Lipinski definition) is 1. The molecule has 0 aromatic heterocycles. The fourth-order valence-electron chi connectivity index (χ4n) is 2.82. The molecule has 1 fully saturated rings. The van der Waals surface area contributed by atoms with Crippen LogP contribution in [-0.2, 0) is 9.53 Å². The Morgan fingerprint density at radius 3 is 2.70 bits per heavy atom. The molecule has 0 amide bonds. The van der Waals surface area contributed by atoms with Crippen molar-refractivity contribution in [3.05, 3.63) is 30.3 Å². The van der Waals surface area contributed by atoms with Gasteiger partial charge in [-0.05, 0) is 38.8 Å². The first kappa shape index (κ1) is 14.9. The molecule has 1 aliphatic heterocycles. The van der Waals surface area contributed by atoms with E-state index < -0.39 is 5.97 Å². The molecule has 1 aromatic carbocycles. The summed E-state index contributed by atoms with van der Waals surface area (Å²) in [5.74, 6) is -0.753. The summed E-state index contributed by atoms with van der Waals surface area (Å²) in [5.41, 5.74) is 0.954. The van der Waals surface area contributed by atoms with Gasteiger partial charge in [0, 0.05) is 24.9 Å². The second-order valence-electron chi connectivity index (χ2n) is 5.93. The van der Waals surface area contributed by atoms with Crippen LogP contribution in [0.1, 0.15) is 33.1 Å². The summed E-state index contributed by atoms with van der Waals surface area (Å²) in [6.45, 7) is 5.47. The van der Waals surface area contributed by atoms with Crippen molar-refractivity contribution >= 4 is 11.7 Å². The van der Waals surface area contributed by atoms with Crippen molar-refractivity contribution in [2.45, 2.75) is 44.8 Å². The predicted molar refractivity (Wildman–Crippen MR) is 79.1 cm³/mol. The van der Waals surface area contributed by atoms with Crippen molar-refractivity contribution in [2.75, 3.05) is 18.1 Å². The van der Waals surface area contributed by atoms with E-state index in [0.717, 1.165) is 25.1 Å². The van der Waals surface area contributed by atoms with Gasteiger partial charge >= 0.3 is 5.97 Å². The lowest BCUT2D eigenvalue weighted by atomic mass is 9.92. The molecule has 1 heterocycles. The van der Waals surface area contributed by atoms with Gasteiger partial charge in [-0.2, -0.15) is 0 Å². The molecule has 2 rings (SSSR count). The number of carboxylic acids is 1. The molecule has 0 saturated carbocycles. The van der Waals surface area contributed by atoms with E-state index in [1.54, 1.807) is 0 Å². The van der Waals surface area contributed by atoms with Crippen molar-refractivity contribution in [1.29, 1.82) is 0 Å². The molecule has 1 saturated heterocycles. The molecule has 1 unspecified atom stereocenters. The summed E-state index contributed by atoms with van der Waals surface area (Å²) >= 11 is 0. The Kier molecular flexibility index (Phi) is 4.65. The Balaban J connectivity index is 2.15. The Labute approximate surface area is 120 Å². The lowest BCUT2D eigenvalue weighted by Gasteiger charge is -2.42. The molecule has 110 valence electrons. The van der Waals surface area contributed by atoms with Crippen LogP contribution in [0.15, 0.2) is 30.3 Å². The van der Waals surface area contributed by atoms with Gasteiger partial charge in [0.2, 0.25) is 0 Å². The van der Waals surface area contributed by atoms with Gasteiger partial charge in [0.15, 0.2) is 0 Å². The highest BCUT2D eigenvalue weighted by molar-refractivity contribution is 5.67. The molecule has 4 heteroatoms. The maximum atomic E-state index is 10.9. The summed E-state index contributed by atoms with van der Waals surface area (Å²) in [5, 5.41) is 8.96. The minimum absolute atomic E-state index is 0.140. The monoisotopic (exact) mass is 277 g/mol.